The summed E-state index contributed by atoms with van der Waals surface area (Å²) in [5.74, 6) is 1.61. The second kappa shape index (κ2) is 4.90. The van der Waals surface area contributed by atoms with Gasteiger partial charge in [-0.1, -0.05) is 24.3 Å². The Morgan fingerprint density at radius 3 is 2.50 bits per heavy atom. The van der Waals surface area contributed by atoms with Gasteiger partial charge in [0, 0.05) is 5.88 Å². The van der Waals surface area contributed by atoms with Crippen LogP contribution < -0.4 is 4.74 Å². The van der Waals surface area contributed by atoms with E-state index in [-0.39, 0.29) is 5.75 Å². The van der Waals surface area contributed by atoms with Crippen molar-refractivity contribution in [3.8, 4) is 17.2 Å². The molecule has 16 heavy (non-hydrogen) atoms. The van der Waals surface area contributed by atoms with E-state index in [1.165, 1.54) is 0 Å². The van der Waals surface area contributed by atoms with Crippen molar-refractivity contribution in [2.75, 3.05) is 0 Å². The molecule has 0 aliphatic heterocycles. The van der Waals surface area contributed by atoms with Crippen LogP contribution in [0.15, 0.2) is 48.5 Å². The third-order valence-electron chi connectivity index (χ3n) is 2.15. The monoisotopic (exact) mass is 234 g/mol. The lowest BCUT2D eigenvalue weighted by Gasteiger charge is -2.08. The number of phenolic OH excluding ortho intramolecular Hbond substituents is 1. The van der Waals surface area contributed by atoms with Gasteiger partial charge in [-0.25, -0.2) is 0 Å². The number of ether oxygens (including phenoxy) is 1. The molecule has 2 aromatic rings. The van der Waals surface area contributed by atoms with Gasteiger partial charge in [0.1, 0.15) is 5.75 Å². The van der Waals surface area contributed by atoms with E-state index in [2.05, 4.69) is 0 Å². The molecule has 3 heteroatoms. The summed E-state index contributed by atoms with van der Waals surface area (Å²) >= 11 is 5.72. The molecule has 0 aromatic heterocycles. The van der Waals surface area contributed by atoms with Gasteiger partial charge in [0.05, 0.1) is 0 Å². The van der Waals surface area contributed by atoms with E-state index in [0.29, 0.717) is 17.4 Å². The van der Waals surface area contributed by atoms with E-state index in [1.807, 2.05) is 30.3 Å². The summed E-state index contributed by atoms with van der Waals surface area (Å²) in [5, 5.41) is 9.62. The second-order valence-electron chi connectivity index (χ2n) is 3.35. The number of halogens is 1. The lowest BCUT2D eigenvalue weighted by atomic mass is 10.2. The molecule has 0 bridgehead atoms. The van der Waals surface area contributed by atoms with Gasteiger partial charge in [0.2, 0.25) is 0 Å². The van der Waals surface area contributed by atoms with E-state index in [1.54, 1.807) is 18.2 Å². The van der Waals surface area contributed by atoms with Crippen LogP contribution in [0.4, 0.5) is 0 Å². The number of benzene rings is 2. The van der Waals surface area contributed by atoms with E-state index < -0.39 is 0 Å². The molecule has 0 amide bonds. The first kappa shape index (κ1) is 10.8. The lowest BCUT2D eigenvalue weighted by molar-refractivity contribution is 0.411. The Morgan fingerprint density at radius 1 is 1.06 bits per heavy atom. The molecule has 0 saturated heterocycles. The molecule has 0 saturated carbocycles. The standard InChI is InChI=1S/C13H11ClO2/c14-9-10-6-7-12(15)13(8-10)16-11-4-2-1-3-5-11/h1-8,15H,9H2. The predicted molar refractivity (Wildman–Crippen MR) is 64.2 cm³/mol. The number of hydrogen-bond donors (Lipinski definition) is 1. The zero-order chi connectivity index (χ0) is 11.4. The van der Waals surface area contributed by atoms with E-state index in [4.69, 9.17) is 16.3 Å². The largest absolute Gasteiger partial charge is 0.504 e. The van der Waals surface area contributed by atoms with E-state index >= 15 is 0 Å². The molecular weight excluding hydrogens is 224 g/mol. The Balaban J connectivity index is 2.27. The first-order valence-electron chi connectivity index (χ1n) is 4.90. The first-order valence-corrected chi connectivity index (χ1v) is 5.44. The molecule has 2 nitrogen and oxygen atoms in total. The molecule has 1 N–H and O–H groups in total. The van der Waals surface area contributed by atoms with Crippen molar-refractivity contribution >= 4 is 11.6 Å². The number of phenols is 1. The Hall–Kier alpha value is -1.67. The van der Waals surface area contributed by atoms with Crippen LogP contribution in [0.5, 0.6) is 17.2 Å². The van der Waals surface area contributed by atoms with Crippen LogP contribution in [0.2, 0.25) is 0 Å². The first-order chi connectivity index (χ1) is 7.79. The van der Waals surface area contributed by atoms with Gasteiger partial charge in [-0.3, -0.25) is 0 Å². The molecule has 0 atom stereocenters. The van der Waals surface area contributed by atoms with Gasteiger partial charge in [-0.15, -0.1) is 11.6 Å². The van der Waals surface area contributed by atoms with Crippen molar-refractivity contribution in [3.05, 3.63) is 54.1 Å². The van der Waals surface area contributed by atoms with Crippen LogP contribution in [-0.4, -0.2) is 5.11 Å². The fourth-order valence-corrected chi connectivity index (χ4v) is 1.51. The molecule has 0 aliphatic carbocycles. The Labute approximate surface area is 99.1 Å². The third-order valence-corrected chi connectivity index (χ3v) is 2.46. The minimum atomic E-state index is 0.109. The number of alkyl halides is 1. The van der Waals surface area contributed by atoms with Crippen molar-refractivity contribution in [3.63, 3.8) is 0 Å². The van der Waals surface area contributed by atoms with Crippen molar-refractivity contribution in [1.29, 1.82) is 0 Å². The molecule has 0 unspecified atom stereocenters. The molecule has 0 radical (unpaired) electrons. The van der Waals surface area contributed by atoms with Crippen LogP contribution in [0.1, 0.15) is 5.56 Å². The van der Waals surface area contributed by atoms with Crippen LogP contribution >= 0.6 is 11.6 Å². The summed E-state index contributed by atoms with van der Waals surface area (Å²) in [7, 11) is 0. The summed E-state index contributed by atoms with van der Waals surface area (Å²) < 4.78 is 5.54. The maximum atomic E-state index is 9.62. The molecule has 82 valence electrons. The third kappa shape index (κ3) is 2.47. The minimum absolute atomic E-state index is 0.109. The fraction of sp³-hybridized carbons (Fsp3) is 0.0769. The molecule has 0 spiro atoms. The highest BCUT2D eigenvalue weighted by atomic mass is 35.5. The average Bonchev–Trinajstić information content (AvgIpc) is 2.33. The highest BCUT2D eigenvalue weighted by Crippen LogP contribution is 2.31. The van der Waals surface area contributed by atoms with Gasteiger partial charge < -0.3 is 9.84 Å². The van der Waals surface area contributed by atoms with E-state index in [9.17, 15) is 5.11 Å². The Bertz CT molecular complexity index is 469. The molecule has 2 aromatic carbocycles. The highest BCUT2D eigenvalue weighted by molar-refractivity contribution is 6.17. The van der Waals surface area contributed by atoms with Gasteiger partial charge in [-0.2, -0.15) is 0 Å². The number of hydrogen-bond acceptors (Lipinski definition) is 2. The minimum Gasteiger partial charge on any atom is -0.504 e. The SMILES string of the molecule is Oc1ccc(CCl)cc1Oc1ccccc1. The topological polar surface area (TPSA) is 29.5 Å². The quantitative estimate of drug-likeness (QED) is 0.816. The molecule has 0 aliphatic rings. The second-order valence-corrected chi connectivity index (χ2v) is 3.62. The van der Waals surface area contributed by atoms with Crippen LogP contribution in [0.25, 0.3) is 0 Å². The van der Waals surface area contributed by atoms with Crippen LogP contribution in [0.3, 0.4) is 0 Å². The lowest BCUT2D eigenvalue weighted by Crippen LogP contribution is -1.86. The van der Waals surface area contributed by atoms with Crippen molar-refractivity contribution in [2.24, 2.45) is 0 Å². The van der Waals surface area contributed by atoms with Gasteiger partial charge >= 0.3 is 0 Å². The summed E-state index contributed by atoms with van der Waals surface area (Å²) in [6.07, 6.45) is 0. The number of aromatic hydroxyl groups is 1. The zero-order valence-electron chi connectivity index (χ0n) is 8.56. The smallest absolute Gasteiger partial charge is 0.169 e. The van der Waals surface area contributed by atoms with Gasteiger partial charge in [0.15, 0.2) is 11.5 Å². The van der Waals surface area contributed by atoms with Crippen LogP contribution in [-0.2, 0) is 5.88 Å². The van der Waals surface area contributed by atoms with Crippen molar-refractivity contribution in [2.45, 2.75) is 5.88 Å². The average molecular weight is 235 g/mol. The fourth-order valence-electron chi connectivity index (χ4n) is 1.34. The molecule has 2 rings (SSSR count). The number of para-hydroxylation sites is 1. The van der Waals surface area contributed by atoms with E-state index in [0.717, 1.165) is 5.56 Å². The predicted octanol–water partition coefficient (Wildman–Crippen LogP) is 3.92. The summed E-state index contributed by atoms with van der Waals surface area (Å²) in [6, 6.07) is 14.4. The maximum Gasteiger partial charge on any atom is 0.169 e. The summed E-state index contributed by atoms with van der Waals surface area (Å²) in [6.45, 7) is 0. The highest BCUT2D eigenvalue weighted by Gasteiger charge is 2.04. The van der Waals surface area contributed by atoms with Gasteiger partial charge in [0.25, 0.3) is 0 Å². The Morgan fingerprint density at radius 2 is 1.81 bits per heavy atom. The molecule has 0 fully saturated rings. The maximum absolute atomic E-state index is 9.62. The number of rotatable bonds is 3. The molecular formula is C13H11ClO2. The van der Waals surface area contributed by atoms with Crippen molar-refractivity contribution in [1.82, 2.24) is 0 Å². The summed E-state index contributed by atoms with van der Waals surface area (Å²) in [5.41, 5.74) is 0.908. The van der Waals surface area contributed by atoms with Crippen molar-refractivity contribution < 1.29 is 9.84 Å². The van der Waals surface area contributed by atoms with Gasteiger partial charge in [-0.05, 0) is 29.8 Å². The zero-order valence-corrected chi connectivity index (χ0v) is 9.32. The Kier molecular flexibility index (Phi) is 3.32. The molecule has 0 heterocycles. The van der Waals surface area contributed by atoms with Crippen LogP contribution in [0, 0.1) is 0 Å². The normalized spacial score (nSPS) is 10.1. The summed E-state index contributed by atoms with van der Waals surface area (Å²) in [4.78, 5) is 0.